The first-order valence-electron chi connectivity index (χ1n) is 5.53. The van der Waals surface area contributed by atoms with Crippen LogP contribution < -0.4 is 0 Å². The van der Waals surface area contributed by atoms with Crippen LogP contribution in [-0.4, -0.2) is 23.9 Å². The lowest BCUT2D eigenvalue weighted by atomic mass is 9.95. The molecule has 0 bridgehead atoms. The van der Waals surface area contributed by atoms with E-state index in [2.05, 4.69) is 13.8 Å². The molecule has 2 nitrogen and oxygen atoms in total. The fourth-order valence-corrected chi connectivity index (χ4v) is 2.08. The third-order valence-corrected chi connectivity index (χ3v) is 2.82. The zero-order chi connectivity index (χ0) is 9.68. The van der Waals surface area contributed by atoms with E-state index in [1.807, 2.05) is 0 Å². The maximum Gasteiger partial charge on any atom is 0.0834 e. The van der Waals surface area contributed by atoms with E-state index >= 15 is 0 Å². The Hall–Kier alpha value is -0.0800. The van der Waals surface area contributed by atoms with Crippen LogP contribution in [0.4, 0.5) is 0 Å². The summed E-state index contributed by atoms with van der Waals surface area (Å²) in [5, 5.41) is 9.82. The highest BCUT2D eigenvalue weighted by molar-refractivity contribution is 4.75. The Bertz CT molecular complexity index is 130. The van der Waals surface area contributed by atoms with E-state index in [4.69, 9.17) is 4.74 Å². The van der Waals surface area contributed by atoms with Crippen molar-refractivity contribution in [3.8, 4) is 0 Å². The predicted octanol–water partition coefficient (Wildman–Crippen LogP) is 2.35. The zero-order valence-corrected chi connectivity index (χ0v) is 8.83. The Kier molecular flexibility index (Phi) is 4.74. The number of hydrogen-bond acceptors (Lipinski definition) is 2. The minimum Gasteiger partial charge on any atom is -0.390 e. The molecule has 0 radical (unpaired) electrons. The molecular formula is C11H22O2. The van der Waals surface area contributed by atoms with Gasteiger partial charge in [-0.05, 0) is 25.2 Å². The number of aliphatic hydroxyl groups excluding tert-OH is 1. The lowest BCUT2D eigenvalue weighted by molar-refractivity contribution is -0.0125. The molecule has 1 N–H and O–H groups in total. The second-order valence-corrected chi connectivity index (χ2v) is 4.25. The Labute approximate surface area is 81.3 Å². The van der Waals surface area contributed by atoms with Crippen molar-refractivity contribution >= 4 is 0 Å². The highest BCUT2D eigenvalue weighted by Crippen LogP contribution is 2.21. The summed E-state index contributed by atoms with van der Waals surface area (Å²) < 4.78 is 5.44. The van der Waals surface area contributed by atoms with E-state index in [9.17, 15) is 5.11 Å². The Morgan fingerprint density at radius 1 is 1.54 bits per heavy atom. The number of rotatable bonds is 5. The minimum absolute atomic E-state index is 0.124. The summed E-state index contributed by atoms with van der Waals surface area (Å²) in [4.78, 5) is 0. The molecule has 1 saturated heterocycles. The summed E-state index contributed by atoms with van der Waals surface area (Å²) in [5.41, 5.74) is 0. The van der Waals surface area contributed by atoms with Crippen molar-refractivity contribution in [3.05, 3.63) is 0 Å². The number of hydrogen-bond donors (Lipinski definition) is 1. The molecule has 3 atom stereocenters. The lowest BCUT2D eigenvalue weighted by Crippen LogP contribution is -2.27. The summed E-state index contributed by atoms with van der Waals surface area (Å²) in [6, 6.07) is 0. The van der Waals surface area contributed by atoms with Crippen LogP contribution in [0.25, 0.3) is 0 Å². The highest BCUT2D eigenvalue weighted by atomic mass is 16.5. The van der Waals surface area contributed by atoms with Gasteiger partial charge in [0.2, 0.25) is 0 Å². The standard InChI is InChI=1S/C11H22O2/c1-3-5-9(2)8-10(12)11-6-4-7-13-11/h9-12H,3-8H2,1-2H3. The van der Waals surface area contributed by atoms with E-state index in [0.717, 1.165) is 25.9 Å². The fraction of sp³-hybridized carbons (Fsp3) is 1.00. The maximum absolute atomic E-state index is 9.82. The van der Waals surface area contributed by atoms with Crippen molar-refractivity contribution in [2.45, 2.75) is 58.2 Å². The van der Waals surface area contributed by atoms with Gasteiger partial charge in [-0.25, -0.2) is 0 Å². The molecule has 13 heavy (non-hydrogen) atoms. The van der Waals surface area contributed by atoms with Crippen LogP contribution in [0.3, 0.4) is 0 Å². The Morgan fingerprint density at radius 2 is 2.31 bits per heavy atom. The minimum atomic E-state index is -0.232. The monoisotopic (exact) mass is 186 g/mol. The molecule has 78 valence electrons. The second-order valence-electron chi connectivity index (χ2n) is 4.25. The van der Waals surface area contributed by atoms with Gasteiger partial charge in [0.1, 0.15) is 0 Å². The molecule has 1 fully saturated rings. The van der Waals surface area contributed by atoms with Crippen LogP contribution in [0, 0.1) is 5.92 Å². The molecule has 0 aromatic rings. The molecule has 0 amide bonds. The fourth-order valence-electron chi connectivity index (χ4n) is 2.08. The first-order valence-corrected chi connectivity index (χ1v) is 5.53. The molecule has 0 aliphatic carbocycles. The Balaban J connectivity index is 2.18. The van der Waals surface area contributed by atoms with Gasteiger partial charge < -0.3 is 9.84 Å². The highest BCUT2D eigenvalue weighted by Gasteiger charge is 2.24. The molecule has 1 rings (SSSR count). The average Bonchev–Trinajstić information content (AvgIpc) is 2.55. The lowest BCUT2D eigenvalue weighted by Gasteiger charge is -2.20. The Morgan fingerprint density at radius 3 is 2.85 bits per heavy atom. The van der Waals surface area contributed by atoms with Crippen LogP contribution in [0.1, 0.15) is 46.0 Å². The van der Waals surface area contributed by atoms with Crippen molar-refractivity contribution < 1.29 is 9.84 Å². The van der Waals surface area contributed by atoms with Crippen LogP contribution >= 0.6 is 0 Å². The largest absolute Gasteiger partial charge is 0.390 e. The predicted molar refractivity (Wildman–Crippen MR) is 53.7 cm³/mol. The molecule has 1 heterocycles. The molecule has 0 aromatic carbocycles. The van der Waals surface area contributed by atoms with Gasteiger partial charge in [0, 0.05) is 6.61 Å². The first kappa shape index (κ1) is 11.0. The van der Waals surface area contributed by atoms with Crippen molar-refractivity contribution in [2.24, 2.45) is 5.92 Å². The van der Waals surface area contributed by atoms with E-state index in [-0.39, 0.29) is 12.2 Å². The molecular weight excluding hydrogens is 164 g/mol. The topological polar surface area (TPSA) is 29.5 Å². The number of aliphatic hydroxyl groups is 1. The van der Waals surface area contributed by atoms with Crippen LogP contribution in [-0.2, 0) is 4.74 Å². The van der Waals surface area contributed by atoms with Gasteiger partial charge in [-0.1, -0.05) is 26.7 Å². The van der Waals surface area contributed by atoms with Gasteiger partial charge in [-0.15, -0.1) is 0 Å². The molecule has 2 heteroatoms. The van der Waals surface area contributed by atoms with Gasteiger partial charge in [0.15, 0.2) is 0 Å². The molecule has 3 unspecified atom stereocenters. The average molecular weight is 186 g/mol. The normalized spacial score (nSPS) is 27.5. The molecule has 0 aromatic heterocycles. The van der Waals surface area contributed by atoms with Crippen molar-refractivity contribution in [1.82, 2.24) is 0 Å². The third-order valence-electron chi connectivity index (χ3n) is 2.82. The van der Waals surface area contributed by atoms with E-state index in [1.54, 1.807) is 0 Å². The third kappa shape index (κ3) is 3.65. The van der Waals surface area contributed by atoms with Crippen molar-refractivity contribution in [1.29, 1.82) is 0 Å². The summed E-state index contributed by atoms with van der Waals surface area (Å²) in [6.45, 7) is 5.24. The summed E-state index contributed by atoms with van der Waals surface area (Å²) >= 11 is 0. The molecule has 0 spiro atoms. The van der Waals surface area contributed by atoms with Crippen molar-refractivity contribution in [3.63, 3.8) is 0 Å². The van der Waals surface area contributed by atoms with Crippen LogP contribution in [0.5, 0.6) is 0 Å². The summed E-state index contributed by atoms with van der Waals surface area (Å²) in [6.07, 6.45) is 5.37. The molecule has 0 saturated carbocycles. The summed E-state index contributed by atoms with van der Waals surface area (Å²) in [5.74, 6) is 0.629. The summed E-state index contributed by atoms with van der Waals surface area (Å²) in [7, 11) is 0. The second kappa shape index (κ2) is 5.61. The van der Waals surface area contributed by atoms with Gasteiger partial charge in [0.05, 0.1) is 12.2 Å². The van der Waals surface area contributed by atoms with Gasteiger partial charge >= 0.3 is 0 Å². The van der Waals surface area contributed by atoms with Crippen LogP contribution in [0.2, 0.25) is 0 Å². The smallest absolute Gasteiger partial charge is 0.0834 e. The van der Waals surface area contributed by atoms with Gasteiger partial charge in [-0.3, -0.25) is 0 Å². The molecule has 1 aliphatic rings. The van der Waals surface area contributed by atoms with Gasteiger partial charge in [0.25, 0.3) is 0 Å². The van der Waals surface area contributed by atoms with Crippen molar-refractivity contribution in [2.75, 3.05) is 6.61 Å². The zero-order valence-electron chi connectivity index (χ0n) is 8.83. The maximum atomic E-state index is 9.82. The van der Waals surface area contributed by atoms with E-state index in [1.165, 1.54) is 12.8 Å². The molecule has 1 aliphatic heterocycles. The quantitative estimate of drug-likeness (QED) is 0.714. The first-order chi connectivity index (χ1) is 6.24. The SMILES string of the molecule is CCCC(C)CC(O)C1CCCO1. The number of ether oxygens (including phenoxy) is 1. The van der Waals surface area contributed by atoms with Crippen LogP contribution in [0.15, 0.2) is 0 Å². The van der Waals surface area contributed by atoms with E-state index < -0.39 is 0 Å². The van der Waals surface area contributed by atoms with Gasteiger partial charge in [-0.2, -0.15) is 0 Å². The van der Waals surface area contributed by atoms with E-state index in [0.29, 0.717) is 5.92 Å².